The highest BCUT2D eigenvalue weighted by molar-refractivity contribution is 5.36. The van der Waals surface area contributed by atoms with Crippen molar-refractivity contribution in [2.45, 2.75) is 109 Å². The smallest absolute Gasteiger partial charge is 0.0937 e. The minimum atomic E-state index is 0.0148. The molecule has 4 unspecified atom stereocenters. The molecule has 30 heavy (non-hydrogen) atoms. The van der Waals surface area contributed by atoms with Crippen molar-refractivity contribution < 1.29 is 4.74 Å². The lowest BCUT2D eigenvalue weighted by molar-refractivity contribution is -0.0593. The van der Waals surface area contributed by atoms with Gasteiger partial charge in [-0.05, 0) is 112 Å². The molecule has 2 heterocycles. The summed E-state index contributed by atoms with van der Waals surface area (Å²) in [4.78, 5) is 0. The van der Waals surface area contributed by atoms with Gasteiger partial charge in [0.2, 0.25) is 0 Å². The van der Waals surface area contributed by atoms with Crippen molar-refractivity contribution in [3.8, 4) is 0 Å². The van der Waals surface area contributed by atoms with Crippen molar-refractivity contribution in [2.24, 2.45) is 46.7 Å². The van der Waals surface area contributed by atoms with Gasteiger partial charge >= 0.3 is 0 Å². The lowest BCUT2D eigenvalue weighted by atomic mass is 9.52. The van der Waals surface area contributed by atoms with Gasteiger partial charge in [0, 0.05) is 18.0 Å². The normalized spacial score (nSPS) is 57.7. The van der Waals surface area contributed by atoms with E-state index < -0.39 is 0 Å². The second-order valence-electron chi connectivity index (χ2n) is 12.7. The van der Waals surface area contributed by atoms with Crippen LogP contribution in [0.1, 0.15) is 85.5 Å². The Kier molecular flexibility index (Phi) is 4.60. The lowest BCUT2D eigenvalue weighted by Crippen LogP contribution is -2.49. The first-order chi connectivity index (χ1) is 14.3. The van der Waals surface area contributed by atoms with Crippen molar-refractivity contribution in [1.82, 2.24) is 5.32 Å². The Bertz CT molecular complexity index is 747. The number of nitrogens with one attached hydrogen (secondary N) is 1. The van der Waals surface area contributed by atoms with Gasteiger partial charge in [0.1, 0.15) is 0 Å². The summed E-state index contributed by atoms with van der Waals surface area (Å²) in [6.45, 7) is 11.2. The van der Waals surface area contributed by atoms with Gasteiger partial charge in [-0.3, -0.25) is 0 Å². The van der Waals surface area contributed by atoms with E-state index in [9.17, 15) is 0 Å². The number of piperidine rings is 1. The minimum absolute atomic E-state index is 0.0148. The van der Waals surface area contributed by atoms with Gasteiger partial charge in [-0.25, -0.2) is 0 Å². The van der Waals surface area contributed by atoms with Crippen LogP contribution in [0.3, 0.4) is 0 Å². The molecular formula is C27H44N2O. The molecule has 2 aliphatic heterocycles. The Morgan fingerprint density at radius 2 is 1.90 bits per heavy atom. The van der Waals surface area contributed by atoms with E-state index >= 15 is 0 Å². The molecular weight excluding hydrogens is 368 g/mol. The molecule has 11 atom stereocenters. The highest BCUT2D eigenvalue weighted by Crippen LogP contribution is 2.66. The summed E-state index contributed by atoms with van der Waals surface area (Å²) in [7, 11) is 0. The third kappa shape index (κ3) is 2.61. The van der Waals surface area contributed by atoms with Crippen LogP contribution in [0.2, 0.25) is 0 Å². The predicted molar refractivity (Wildman–Crippen MR) is 122 cm³/mol. The van der Waals surface area contributed by atoms with Crippen molar-refractivity contribution in [1.29, 1.82) is 0 Å². The van der Waals surface area contributed by atoms with Crippen LogP contribution in [0.5, 0.6) is 0 Å². The molecule has 168 valence electrons. The van der Waals surface area contributed by atoms with Gasteiger partial charge in [0.05, 0.1) is 11.7 Å². The second kappa shape index (κ2) is 6.81. The maximum atomic E-state index is 7.06. The number of ether oxygens (including phenoxy) is 1. The van der Waals surface area contributed by atoms with E-state index in [0.717, 1.165) is 36.1 Å². The molecule has 5 fully saturated rings. The summed E-state index contributed by atoms with van der Waals surface area (Å²) < 4.78 is 7.06. The maximum Gasteiger partial charge on any atom is 0.0937 e. The monoisotopic (exact) mass is 412 g/mol. The third-order valence-electron chi connectivity index (χ3n) is 11.5. The van der Waals surface area contributed by atoms with Crippen LogP contribution < -0.4 is 11.1 Å². The van der Waals surface area contributed by atoms with Crippen molar-refractivity contribution in [2.75, 3.05) is 6.54 Å². The zero-order chi connectivity index (χ0) is 20.8. The molecule has 0 bridgehead atoms. The van der Waals surface area contributed by atoms with Gasteiger partial charge < -0.3 is 15.8 Å². The average molecular weight is 413 g/mol. The largest absolute Gasteiger partial charge is 0.365 e. The maximum absolute atomic E-state index is 7.06. The van der Waals surface area contributed by atoms with Crippen LogP contribution >= 0.6 is 0 Å². The summed E-state index contributed by atoms with van der Waals surface area (Å²) in [5, 5.41) is 3.87. The molecule has 6 rings (SSSR count). The first kappa shape index (κ1) is 20.2. The fraction of sp³-hybridized carbons (Fsp3) is 0.926. The molecule has 0 aromatic rings. The summed E-state index contributed by atoms with van der Waals surface area (Å²) >= 11 is 0. The van der Waals surface area contributed by atoms with Crippen LogP contribution in [0.25, 0.3) is 0 Å². The van der Waals surface area contributed by atoms with Crippen LogP contribution in [0.15, 0.2) is 11.1 Å². The quantitative estimate of drug-likeness (QED) is 0.548. The number of allylic oxidation sites excluding steroid dienone is 1. The molecule has 0 aromatic heterocycles. The third-order valence-corrected chi connectivity index (χ3v) is 11.5. The number of rotatable bonds is 0. The molecule has 3 heteroatoms. The van der Waals surface area contributed by atoms with Crippen LogP contribution in [0, 0.1) is 40.9 Å². The Morgan fingerprint density at radius 1 is 1.07 bits per heavy atom. The highest BCUT2D eigenvalue weighted by Gasteiger charge is 2.61. The zero-order valence-electron chi connectivity index (χ0n) is 19.8. The lowest BCUT2D eigenvalue weighted by Gasteiger charge is -2.54. The molecule has 0 amide bonds. The fourth-order valence-electron chi connectivity index (χ4n) is 9.73. The van der Waals surface area contributed by atoms with Crippen LogP contribution in [-0.4, -0.2) is 30.3 Å². The minimum Gasteiger partial charge on any atom is -0.365 e. The average Bonchev–Trinajstić information content (AvgIpc) is 3.23. The summed E-state index contributed by atoms with van der Waals surface area (Å²) in [6.07, 6.45) is 12.4. The molecule has 3 N–H and O–H groups in total. The van der Waals surface area contributed by atoms with Crippen molar-refractivity contribution >= 4 is 0 Å². The van der Waals surface area contributed by atoms with E-state index in [-0.39, 0.29) is 5.60 Å². The molecule has 1 spiro atoms. The van der Waals surface area contributed by atoms with Crippen LogP contribution in [-0.2, 0) is 4.74 Å². The fourth-order valence-corrected chi connectivity index (χ4v) is 9.73. The molecule has 3 nitrogen and oxygen atoms in total. The highest BCUT2D eigenvalue weighted by atomic mass is 16.5. The zero-order valence-corrected chi connectivity index (χ0v) is 19.8. The van der Waals surface area contributed by atoms with Crippen LogP contribution in [0.4, 0.5) is 0 Å². The second-order valence-corrected chi connectivity index (χ2v) is 12.7. The van der Waals surface area contributed by atoms with E-state index in [1.165, 1.54) is 57.8 Å². The van der Waals surface area contributed by atoms with Gasteiger partial charge in [0.15, 0.2) is 0 Å². The van der Waals surface area contributed by atoms with Gasteiger partial charge in [-0.15, -0.1) is 0 Å². The standard InChI is InChI=1S/C27H44N2O/c1-15-11-24-25(29-14-15)17(3)27(30-24)10-8-20-21-6-5-18-12-19(28)7-9-26(18,4)23(21)13-22(20)16(27)2/h15,17-21,23-25,29H,5-14,28H2,1-4H3/t15-,17+,18+,19+,20-,21?,23-,24+,25?,26?,27?/m0/s1. The molecule has 2 saturated heterocycles. The summed E-state index contributed by atoms with van der Waals surface area (Å²) in [5.74, 6) is 4.88. The molecule has 6 aliphatic rings. The number of fused-ring (bicyclic) bond motifs is 6. The summed E-state index contributed by atoms with van der Waals surface area (Å²) in [5.41, 5.74) is 10.5. The summed E-state index contributed by atoms with van der Waals surface area (Å²) in [6, 6.07) is 1.01. The van der Waals surface area contributed by atoms with Crippen molar-refractivity contribution in [3.63, 3.8) is 0 Å². The molecule has 4 aliphatic carbocycles. The van der Waals surface area contributed by atoms with E-state index in [2.05, 4.69) is 33.0 Å². The Labute approximate surface area is 184 Å². The van der Waals surface area contributed by atoms with E-state index in [0.29, 0.717) is 29.5 Å². The first-order valence-electron chi connectivity index (χ1n) is 13.2. The van der Waals surface area contributed by atoms with Gasteiger partial charge in [0.25, 0.3) is 0 Å². The van der Waals surface area contributed by atoms with E-state index in [4.69, 9.17) is 10.5 Å². The first-order valence-corrected chi connectivity index (χ1v) is 13.2. The topological polar surface area (TPSA) is 47.3 Å². The Balaban J connectivity index is 1.33. The molecule has 3 saturated carbocycles. The van der Waals surface area contributed by atoms with E-state index in [1.807, 2.05) is 5.57 Å². The molecule has 0 radical (unpaired) electrons. The number of hydrogen-bond acceptors (Lipinski definition) is 3. The van der Waals surface area contributed by atoms with Gasteiger partial charge in [-0.2, -0.15) is 0 Å². The van der Waals surface area contributed by atoms with Gasteiger partial charge in [-0.1, -0.05) is 26.3 Å². The SMILES string of the molecule is CC1=C2C[C@H]3C(CC[C@@H]4C[C@H](N)CCC43C)[C@@H]2CCC12O[C@@H]1C[C@H](C)CNC1[C@H]2C. The molecule has 0 aromatic carbocycles. The number of nitrogens with two attached hydrogens (primary N) is 1. The Hall–Kier alpha value is -0.380. The predicted octanol–water partition coefficient (Wildman–Crippen LogP) is 5.05. The van der Waals surface area contributed by atoms with Crippen molar-refractivity contribution in [3.05, 3.63) is 11.1 Å². The van der Waals surface area contributed by atoms with E-state index in [1.54, 1.807) is 5.57 Å². The Morgan fingerprint density at radius 3 is 2.73 bits per heavy atom. The number of hydrogen-bond donors (Lipinski definition) is 2.